The van der Waals surface area contributed by atoms with Crippen molar-refractivity contribution in [3.8, 4) is 11.1 Å². The Morgan fingerprint density at radius 3 is 2.58 bits per heavy atom. The zero-order chi connectivity index (χ0) is 17.5. The summed E-state index contributed by atoms with van der Waals surface area (Å²) in [6.07, 6.45) is 2.58. The molecule has 0 aliphatic rings. The minimum absolute atomic E-state index is 0.155. The number of nitrogens with one attached hydrogen (secondary N) is 3. The van der Waals surface area contributed by atoms with Crippen molar-refractivity contribution < 1.29 is 9.59 Å². The van der Waals surface area contributed by atoms with Gasteiger partial charge in [0.15, 0.2) is 5.69 Å². The molecule has 2 amide bonds. The van der Waals surface area contributed by atoms with E-state index in [4.69, 9.17) is 0 Å². The third-order valence-corrected chi connectivity index (χ3v) is 3.61. The van der Waals surface area contributed by atoms with Gasteiger partial charge < -0.3 is 16.0 Å². The molecule has 0 aliphatic heterocycles. The summed E-state index contributed by atoms with van der Waals surface area (Å²) >= 11 is 0. The summed E-state index contributed by atoms with van der Waals surface area (Å²) in [6, 6.07) is 9.89. The van der Waals surface area contributed by atoms with Gasteiger partial charge in [-0.3, -0.25) is 9.59 Å². The number of aromatic nitrogens is 1. The fourth-order valence-electron chi connectivity index (χ4n) is 2.34. The monoisotopic (exact) mass is 326 g/mol. The Kier molecular flexibility index (Phi) is 6.03. The van der Waals surface area contributed by atoms with E-state index in [-0.39, 0.29) is 24.1 Å². The number of rotatable bonds is 6. The standard InChI is InChI=1S/C18H22N4O2/c1-4-12-6-5-7-13(8-12)14-9-15(22-16(23)11-19-2)17(21-10-14)18(24)20-3/h5-10,19H,4,11H2,1-3H3,(H,20,24)(H,22,23). The SMILES string of the molecule is CCc1cccc(-c2cnc(C(=O)NC)c(NC(=O)CNC)c2)c1. The van der Waals surface area contributed by atoms with Gasteiger partial charge >= 0.3 is 0 Å². The van der Waals surface area contributed by atoms with Gasteiger partial charge in [0.2, 0.25) is 5.91 Å². The average Bonchev–Trinajstić information content (AvgIpc) is 2.61. The summed E-state index contributed by atoms with van der Waals surface area (Å²) in [5.74, 6) is -0.576. The number of amides is 2. The zero-order valence-corrected chi connectivity index (χ0v) is 14.1. The van der Waals surface area contributed by atoms with Crippen LogP contribution in [-0.4, -0.2) is 37.4 Å². The van der Waals surface area contributed by atoms with Crippen LogP contribution in [0.15, 0.2) is 36.5 Å². The van der Waals surface area contributed by atoms with Crippen molar-refractivity contribution in [1.29, 1.82) is 0 Å². The van der Waals surface area contributed by atoms with E-state index in [1.165, 1.54) is 12.6 Å². The van der Waals surface area contributed by atoms with Crippen molar-refractivity contribution in [3.63, 3.8) is 0 Å². The lowest BCUT2D eigenvalue weighted by molar-refractivity contribution is -0.115. The molecule has 1 aromatic carbocycles. The number of aryl methyl sites for hydroxylation is 1. The highest BCUT2D eigenvalue weighted by atomic mass is 16.2. The van der Waals surface area contributed by atoms with Crippen LogP contribution in [0.25, 0.3) is 11.1 Å². The molecule has 0 bridgehead atoms. The van der Waals surface area contributed by atoms with Crippen LogP contribution in [0.4, 0.5) is 5.69 Å². The van der Waals surface area contributed by atoms with E-state index in [0.29, 0.717) is 5.69 Å². The van der Waals surface area contributed by atoms with Gasteiger partial charge in [-0.25, -0.2) is 4.98 Å². The van der Waals surface area contributed by atoms with Gasteiger partial charge in [0, 0.05) is 18.8 Å². The van der Waals surface area contributed by atoms with Gasteiger partial charge in [-0.05, 0) is 30.7 Å². The van der Waals surface area contributed by atoms with E-state index in [0.717, 1.165) is 17.5 Å². The van der Waals surface area contributed by atoms with Crippen LogP contribution in [-0.2, 0) is 11.2 Å². The Balaban J connectivity index is 2.44. The molecular formula is C18H22N4O2. The molecule has 1 aromatic heterocycles. The number of hydrogen-bond donors (Lipinski definition) is 3. The van der Waals surface area contributed by atoms with Gasteiger partial charge in [-0.15, -0.1) is 0 Å². The van der Waals surface area contributed by atoms with Gasteiger partial charge in [-0.1, -0.05) is 31.2 Å². The Morgan fingerprint density at radius 2 is 1.92 bits per heavy atom. The van der Waals surface area contributed by atoms with Crippen molar-refractivity contribution in [1.82, 2.24) is 15.6 Å². The largest absolute Gasteiger partial charge is 0.354 e. The number of pyridine rings is 1. The Hall–Kier alpha value is -2.73. The molecule has 1 heterocycles. The molecular weight excluding hydrogens is 304 g/mol. The van der Waals surface area contributed by atoms with E-state index in [2.05, 4.69) is 40.0 Å². The van der Waals surface area contributed by atoms with E-state index in [1.54, 1.807) is 19.3 Å². The first kappa shape index (κ1) is 17.6. The molecule has 3 N–H and O–H groups in total. The first-order chi connectivity index (χ1) is 11.6. The second-order valence-corrected chi connectivity index (χ2v) is 5.33. The van der Waals surface area contributed by atoms with Crippen LogP contribution >= 0.6 is 0 Å². The van der Waals surface area contributed by atoms with Crippen LogP contribution < -0.4 is 16.0 Å². The fourth-order valence-corrected chi connectivity index (χ4v) is 2.34. The third-order valence-electron chi connectivity index (χ3n) is 3.61. The van der Waals surface area contributed by atoms with E-state index < -0.39 is 0 Å². The average molecular weight is 326 g/mol. The van der Waals surface area contributed by atoms with Crippen LogP contribution in [0.2, 0.25) is 0 Å². The molecule has 0 spiro atoms. The molecule has 2 aromatic rings. The summed E-state index contributed by atoms with van der Waals surface area (Å²) in [6.45, 7) is 2.25. The van der Waals surface area contributed by atoms with Crippen LogP contribution in [0.3, 0.4) is 0 Å². The predicted molar refractivity (Wildman–Crippen MR) is 95.0 cm³/mol. The quantitative estimate of drug-likeness (QED) is 0.756. The minimum Gasteiger partial charge on any atom is -0.354 e. The summed E-state index contributed by atoms with van der Waals surface area (Å²) in [7, 11) is 3.21. The second-order valence-electron chi connectivity index (χ2n) is 5.33. The normalized spacial score (nSPS) is 10.3. The summed E-state index contributed by atoms with van der Waals surface area (Å²) in [4.78, 5) is 28.1. The lowest BCUT2D eigenvalue weighted by atomic mass is 10.0. The molecule has 0 saturated carbocycles. The Labute approximate surface area is 141 Å². The lowest BCUT2D eigenvalue weighted by Crippen LogP contribution is -2.27. The molecule has 2 rings (SSSR count). The van der Waals surface area contributed by atoms with Gasteiger partial charge in [-0.2, -0.15) is 0 Å². The number of nitrogens with zero attached hydrogens (tertiary/aromatic N) is 1. The molecule has 6 heteroatoms. The lowest BCUT2D eigenvalue weighted by Gasteiger charge is -2.12. The molecule has 0 unspecified atom stereocenters. The number of hydrogen-bond acceptors (Lipinski definition) is 4. The summed E-state index contributed by atoms with van der Waals surface area (Å²) in [5, 5.41) is 8.06. The number of likely N-dealkylation sites (N-methyl/N-ethyl adjacent to an activating group) is 1. The molecule has 0 atom stereocenters. The van der Waals surface area contributed by atoms with Gasteiger partial charge in [0.1, 0.15) is 0 Å². The highest BCUT2D eigenvalue weighted by molar-refractivity contribution is 6.03. The number of anilines is 1. The van der Waals surface area contributed by atoms with E-state index in [1.807, 2.05) is 12.1 Å². The minimum atomic E-state index is -0.344. The Morgan fingerprint density at radius 1 is 1.12 bits per heavy atom. The molecule has 0 aliphatic carbocycles. The highest BCUT2D eigenvalue weighted by Crippen LogP contribution is 2.25. The second kappa shape index (κ2) is 8.21. The molecule has 126 valence electrons. The molecule has 6 nitrogen and oxygen atoms in total. The van der Waals surface area contributed by atoms with Crippen molar-refractivity contribution in [2.45, 2.75) is 13.3 Å². The summed E-state index contributed by atoms with van der Waals surface area (Å²) in [5.41, 5.74) is 3.64. The van der Waals surface area contributed by atoms with Crippen LogP contribution in [0.1, 0.15) is 23.0 Å². The molecule has 0 fully saturated rings. The fraction of sp³-hybridized carbons (Fsp3) is 0.278. The molecule has 24 heavy (non-hydrogen) atoms. The maximum absolute atomic E-state index is 12.0. The molecule has 0 radical (unpaired) electrons. The number of carbonyl (C=O) groups is 2. The van der Waals surface area contributed by atoms with Crippen molar-refractivity contribution in [3.05, 3.63) is 47.8 Å². The van der Waals surface area contributed by atoms with E-state index >= 15 is 0 Å². The first-order valence-electron chi connectivity index (χ1n) is 7.85. The number of carbonyl (C=O) groups excluding carboxylic acids is 2. The zero-order valence-electron chi connectivity index (χ0n) is 14.1. The van der Waals surface area contributed by atoms with Crippen LogP contribution in [0.5, 0.6) is 0 Å². The van der Waals surface area contributed by atoms with Crippen molar-refractivity contribution >= 4 is 17.5 Å². The van der Waals surface area contributed by atoms with Gasteiger partial charge in [0.25, 0.3) is 5.91 Å². The maximum Gasteiger partial charge on any atom is 0.271 e. The smallest absolute Gasteiger partial charge is 0.271 e. The predicted octanol–water partition coefficient (Wildman–Crippen LogP) is 1.83. The Bertz CT molecular complexity index is 744. The number of benzene rings is 1. The van der Waals surface area contributed by atoms with E-state index in [9.17, 15) is 9.59 Å². The van der Waals surface area contributed by atoms with Crippen molar-refractivity contribution in [2.75, 3.05) is 26.0 Å². The van der Waals surface area contributed by atoms with Crippen molar-refractivity contribution in [2.24, 2.45) is 0 Å². The topological polar surface area (TPSA) is 83.1 Å². The van der Waals surface area contributed by atoms with Gasteiger partial charge in [0.05, 0.1) is 12.2 Å². The summed E-state index contributed by atoms with van der Waals surface area (Å²) < 4.78 is 0. The highest BCUT2D eigenvalue weighted by Gasteiger charge is 2.15. The van der Waals surface area contributed by atoms with Crippen LogP contribution in [0, 0.1) is 0 Å². The molecule has 0 saturated heterocycles. The third kappa shape index (κ3) is 4.17. The first-order valence-corrected chi connectivity index (χ1v) is 7.85. The maximum atomic E-state index is 12.0.